The van der Waals surface area contributed by atoms with Gasteiger partial charge >= 0.3 is 0 Å². The molecule has 2 aromatic heterocycles. The van der Waals surface area contributed by atoms with Crippen molar-refractivity contribution in [3.8, 4) is 0 Å². The Hall–Kier alpha value is -2.13. The van der Waals surface area contributed by atoms with Gasteiger partial charge in [0.2, 0.25) is 0 Å². The van der Waals surface area contributed by atoms with Crippen LogP contribution in [0.25, 0.3) is 5.52 Å². The lowest BCUT2D eigenvalue weighted by Crippen LogP contribution is -2.18. The Bertz CT molecular complexity index is 743. The second-order valence-corrected chi connectivity index (χ2v) is 5.21. The van der Waals surface area contributed by atoms with E-state index in [4.69, 9.17) is 0 Å². The van der Waals surface area contributed by atoms with Crippen molar-refractivity contribution in [1.29, 1.82) is 0 Å². The SMILES string of the molecule is CNC(c1ccc(C)cc1C)c1cnn2ccccc12. The zero-order valence-corrected chi connectivity index (χ0v) is 12.1. The molecule has 0 amide bonds. The molecule has 0 fully saturated rings. The van der Waals surface area contributed by atoms with Crippen molar-refractivity contribution in [3.05, 3.63) is 71.0 Å². The molecule has 0 aliphatic carbocycles. The Kier molecular flexibility index (Phi) is 3.28. The predicted molar refractivity (Wildman–Crippen MR) is 82.0 cm³/mol. The van der Waals surface area contributed by atoms with Crippen LogP contribution in [0.5, 0.6) is 0 Å². The molecule has 1 N–H and O–H groups in total. The topological polar surface area (TPSA) is 29.3 Å². The minimum absolute atomic E-state index is 0.162. The van der Waals surface area contributed by atoms with Crippen molar-refractivity contribution in [1.82, 2.24) is 14.9 Å². The number of hydrogen-bond acceptors (Lipinski definition) is 2. The van der Waals surface area contributed by atoms with Crippen molar-refractivity contribution in [2.75, 3.05) is 7.05 Å². The van der Waals surface area contributed by atoms with E-state index in [1.54, 1.807) is 0 Å². The number of benzene rings is 1. The molecule has 1 atom stereocenters. The standard InChI is InChI=1S/C17H19N3/c1-12-7-8-14(13(2)10-12)17(18-3)15-11-19-20-9-5-4-6-16(15)20/h4-11,17-18H,1-3H3. The number of nitrogens with zero attached hydrogens (tertiary/aromatic N) is 2. The molecule has 0 aliphatic rings. The first-order valence-electron chi connectivity index (χ1n) is 6.87. The lowest BCUT2D eigenvalue weighted by Gasteiger charge is -2.18. The van der Waals surface area contributed by atoms with Crippen LogP contribution in [-0.4, -0.2) is 16.7 Å². The summed E-state index contributed by atoms with van der Waals surface area (Å²) in [7, 11) is 2.00. The quantitative estimate of drug-likeness (QED) is 0.787. The number of pyridine rings is 1. The van der Waals surface area contributed by atoms with E-state index in [1.165, 1.54) is 22.3 Å². The number of fused-ring (bicyclic) bond motifs is 1. The Morgan fingerprint density at radius 3 is 2.70 bits per heavy atom. The van der Waals surface area contributed by atoms with Gasteiger partial charge in [-0.15, -0.1) is 0 Å². The van der Waals surface area contributed by atoms with Crippen LogP contribution < -0.4 is 5.32 Å². The lowest BCUT2D eigenvalue weighted by atomic mass is 9.94. The second kappa shape index (κ2) is 5.10. The van der Waals surface area contributed by atoms with Crippen LogP contribution >= 0.6 is 0 Å². The maximum absolute atomic E-state index is 4.44. The summed E-state index contributed by atoms with van der Waals surface area (Å²) < 4.78 is 1.92. The maximum atomic E-state index is 4.44. The van der Waals surface area contributed by atoms with Crippen molar-refractivity contribution in [2.45, 2.75) is 19.9 Å². The first-order valence-corrected chi connectivity index (χ1v) is 6.87. The van der Waals surface area contributed by atoms with E-state index in [0.717, 1.165) is 5.52 Å². The summed E-state index contributed by atoms with van der Waals surface area (Å²) in [5.74, 6) is 0. The predicted octanol–water partition coefficient (Wildman–Crippen LogP) is 3.26. The summed E-state index contributed by atoms with van der Waals surface area (Å²) in [4.78, 5) is 0. The lowest BCUT2D eigenvalue weighted by molar-refractivity contribution is 0.692. The molecule has 0 radical (unpaired) electrons. The van der Waals surface area contributed by atoms with Gasteiger partial charge in [0.05, 0.1) is 17.8 Å². The third-order valence-electron chi connectivity index (χ3n) is 3.79. The third kappa shape index (κ3) is 2.10. The molecule has 1 aromatic carbocycles. The van der Waals surface area contributed by atoms with Crippen LogP contribution in [0.2, 0.25) is 0 Å². The fourth-order valence-electron chi connectivity index (χ4n) is 2.80. The molecule has 0 saturated heterocycles. The molecule has 20 heavy (non-hydrogen) atoms. The molecule has 102 valence electrons. The van der Waals surface area contributed by atoms with E-state index in [1.807, 2.05) is 30.0 Å². The van der Waals surface area contributed by atoms with Crippen LogP contribution in [-0.2, 0) is 0 Å². The highest BCUT2D eigenvalue weighted by molar-refractivity contribution is 5.57. The summed E-state index contributed by atoms with van der Waals surface area (Å²) in [5, 5.41) is 7.86. The fourth-order valence-corrected chi connectivity index (χ4v) is 2.80. The van der Waals surface area contributed by atoms with Crippen LogP contribution in [0, 0.1) is 13.8 Å². The molecule has 0 bridgehead atoms. The molecule has 0 spiro atoms. The van der Waals surface area contributed by atoms with Crippen LogP contribution in [0.4, 0.5) is 0 Å². The first kappa shape index (κ1) is 12.9. The second-order valence-electron chi connectivity index (χ2n) is 5.21. The van der Waals surface area contributed by atoms with Gasteiger partial charge in [-0.3, -0.25) is 0 Å². The minimum Gasteiger partial charge on any atom is -0.309 e. The van der Waals surface area contributed by atoms with E-state index in [0.29, 0.717) is 0 Å². The fraction of sp³-hybridized carbons (Fsp3) is 0.235. The largest absolute Gasteiger partial charge is 0.309 e. The van der Waals surface area contributed by atoms with Gasteiger partial charge in [-0.25, -0.2) is 4.52 Å². The minimum atomic E-state index is 0.162. The van der Waals surface area contributed by atoms with Crippen molar-refractivity contribution in [2.24, 2.45) is 0 Å². The number of nitrogens with one attached hydrogen (secondary N) is 1. The molecule has 3 rings (SSSR count). The average molecular weight is 265 g/mol. The Morgan fingerprint density at radius 1 is 1.10 bits per heavy atom. The Balaban J connectivity index is 2.14. The highest BCUT2D eigenvalue weighted by atomic mass is 15.2. The highest BCUT2D eigenvalue weighted by Gasteiger charge is 2.18. The van der Waals surface area contributed by atoms with Gasteiger partial charge in [0.15, 0.2) is 0 Å². The van der Waals surface area contributed by atoms with Crippen LogP contribution in [0.3, 0.4) is 0 Å². The summed E-state index contributed by atoms with van der Waals surface area (Å²) in [6, 6.07) is 12.9. The van der Waals surface area contributed by atoms with E-state index in [-0.39, 0.29) is 6.04 Å². The third-order valence-corrected chi connectivity index (χ3v) is 3.79. The molecule has 2 heterocycles. The van der Waals surface area contributed by atoms with Crippen LogP contribution in [0.15, 0.2) is 48.8 Å². The van der Waals surface area contributed by atoms with Gasteiger partial charge < -0.3 is 5.32 Å². The van der Waals surface area contributed by atoms with Gasteiger partial charge in [-0.2, -0.15) is 5.10 Å². The van der Waals surface area contributed by atoms with Gasteiger partial charge in [-0.05, 0) is 44.2 Å². The molecular weight excluding hydrogens is 246 g/mol. The Labute approximate surface area is 119 Å². The highest BCUT2D eigenvalue weighted by Crippen LogP contribution is 2.28. The van der Waals surface area contributed by atoms with Gasteiger partial charge in [0.25, 0.3) is 0 Å². The van der Waals surface area contributed by atoms with E-state index in [9.17, 15) is 0 Å². The smallest absolute Gasteiger partial charge is 0.0712 e. The van der Waals surface area contributed by atoms with Crippen molar-refractivity contribution >= 4 is 5.52 Å². The van der Waals surface area contributed by atoms with Gasteiger partial charge in [-0.1, -0.05) is 29.8 Å². The summed E-state index contributed by atoms with van der Waals surface area (Å²) in [6.07, 6.45) is 3.93. The van der Waals surface area contributed by atoms with Crippen LogP contribution in [0.1, 0.15) is 28.3 Å². The van der Waals surface area contributed by atoms with E-state index in [2.05, 4.69) is 54.6 Å². The van der Waals surface area contributed by atoms with Crippen molar-refractivity contribution < 1.29 is 0 Å². The van der Waals surface area contributed by atoms with E-state index < -0.39 is 0 Å². The number of aromatic nitrogens is 2. The molecule has 0 saturated carbocycles. The molecule has 0 aliphatic heterocycles. The van der Waals surface area contributed by atoms with Gasteiger partial charge in [0.1, 0.15) is 0 Å². The zero-order valence-electron chi connectivity index (χ0n) is 12.1. The molecule has 3 heteroatoms. The van der Waals surface area contributed by atoms with Crippen molar-refractivity contribution in [3.63, 3.8) is 0 Å². The summed E-state index contributed by atoms with van der Waals surface area (Å²) in [5.41, 5.74) is 6.25. The number of aryl methyl sites for hydroxylation is 2. The normalized spacial score (nSPS) is 12.8. The van der Waals surface area contributed by atoms with E-state index >= 15 is 0 Å². The number of hydrogen-bond donors (Lipinski definition) is 1. The van der Waals surface area contributed by atoms with Gasteiger partial charge in [0, 0.05) is 11.8 Å². The molecule has 3 nitrogen and oxygen atoms in total. The average Bonchev–Trinajstić information content (AvgIpc) is 2.86. The number of rotatable bonds is 3. The monoisotopic (exact) mass is 265 g/mol. The molecule has 1 unspecified atom stereocenters. The zero-order chi connectivity index (χ0) is 14.1. The Morgan fingerprint density at radius 2 is 1.95 bits per heavy atom. The summed E-state index contributed by atoms with van der Waals surface area (Å²) in [6.45, 7) is 4.29. The first-order chi connectivity index (χ1) is 9.70. The summed E-state index contributed by atoms with van der Waals surface area (Å²) >= 11 is 0. The molecule has 3 aromatic rings. The maximum Gasteiger partial charge on any atom is 0.0712 e. The molecular formula is C17H19N3.